The normalized spacial score (nSPS) is 8.62. The molecule has 1 rings (SSSR count). The highest BCUT2D eigenvalue weighted by atomic mass is 16.1. The Morgan fingerprint density at radius 3 is 2.54 bits per heavy atom. The first-order valence-electron chi connectivity index (χ1n) is 4.70. The Morgan fingerprint density at radius 2 is 2.08 bits per heavy atom. The van der Waals surface area contributed by atoms with Crippen molar-refractivity contribution in [2.24, 2.45) is 0 Å². The summed E-state index contributed by atoms with van der Waals surface area (Å²) < 4.78 is 0. The van der Waals surface area contributed by atoms with Gasteiger partial charge in [-0.25, -0.2) is 0 Å². The van der Waals surface area contributed by atoms with Crippen LogP contribution in [-0.2, 0) is 0 Å². The lowest BCUT2D eigenvalue weighted by atomic mass is 10.2. The van der Waals surface area contributed by atoms with Crippen molar-refractivity contribution in [1.82, 2.24) is 4.98 Å². The van der Waals surface area contributed by atoms with Gasteiger partial charge in [0.1, 0.15) is 5.69 Å². The second-order valence-corrected chi connectivity index (χ2v) is 2.50. The molecule has 0 spiro atoms. The van der Waals surface area contributed by atoms with Crippen LogP contribution in [0.15, 0.2) is 18.3 Å². The highest BCUT2D eigenvalue weighted by Gasteiger charge is 2.02. The fraction of sp³-hybridized carbons (Fsp3) is 0.455. The maximum Gasteiger partial charge on any atom is 0.180 e. The number of hydrogen-bond donors (Lipinski definition) is 0. The maximum absolute atomic E-state index is 11.1. The zero-order valence-electron chi connectivity index (χ0n) is 8.79. The third-order valence-electron chi connectivity index (χ3n) is 1.52. The molecular weight excluding hydrogens is 162 g/mol. The molecule has 0 fully saturated rings. The van der Waals surface area contributed by atoms with Crippen LogP contribution in [0.25, 0.3) is 0 Å². The summed E-state index contributed by atoms with van der Waals surface area (Å²) >= 11 is 0. The topological polar surface area (TPSA) is 30.0 Å². The minimum atomic E-state index is 0.105. The van der Waals surface area contributed by atoms with E-state index in [0.29, 0.717) is 12.1 Å². The van der Waals surface area contributed by atoms with Gasteiger partial charge in [0.15, 0.2) is 5.78 Å². The molecule has 0 saturated carbocycles. The molecule has 0 aliphatic carbocycles. The van der Waals surface area contributed by atoms with Crippen molar-refractivity contribution < 1.29 is 4.79 Å². The van der Waals surface area contributed by atoms with E-state index in [9.17, 15) is 4.79 Å². The summed E-state index contributed by atoms with van der Waals surface area (Å²) in [5.74, 6) is 0.105. The predicted molar refractivity (Wildman–Crippen MR) is 54.9 cm³/mol. The second kappa shape index (κ2) is 6.35. The average molecular weight is 179 g/mol. The van der Waals surface area contributed by atoms with Gasteiger partial charge in [-0.05, 0) is 24.6 Å². The maximum atomic E-state index is 11.1. The van der Waals surface area contributed by atoms with Crippen LogP contribution in [0, 0.1) is 6.92 Å². The van der Waals surface area contributed by atoms with E-state index in [2.05, 4.69) is 4.98 Å². The first-order chi connectivity index (χ1) is 6.24. The number of aryl methyl sites for hydroxylation is 1. The Labute approximate surface area is 80.0 Å². The van der Waals surface area contributed by atoms with Crippen LogP contribution >= 0.6 is 0 Å². The summed E-state index contributed by atoms with van der Waals surface area (Å²) in [5, 5.41) is 0. The van der Waals surface area contributed by atoms with Gasteiger partial charge in [0.25, 0.3) is 0 Å². The Bertz CT molecular complexity index is 269. The molecule has 0 amide bonds. The summed E-state index contributed by atoms with van der Waals surface area (Å²) in [6.45, 7) is 7.79. The minimum absolute atomic E-state index is 0.105. The summed E-state index contributed by atoms with van der Waals surface area (Å²) in [4.78, 5) is 15.1. The van der Waals surface area contributed by atoms with E-state index in [1.807, 2.05) is 39.8 Å². The lowest BCUT2D eigenvalue weighted by molar-refractivity contribution is 0.0983. The van der Waals surface area contributed by atoms with Gasteiger partial charge in [-0.3, -0.25) is 9.78 Å². The molecule has 0 aromatic carbocycles. The van der Waals surface area contributed by atoms with E-state index < -0.39 is 0 Å². The van der Waals surface area contributed by atoms with Crippen LogP contribution in [0.2, 0.25) is 0 Å². The lowest BCUT2D eigenvalue weighted by Crippen LogP contribution is -1.99. The molecule has 0 saturated heterocycles. The quantitative estimate of drug-likeness (QED) is 0.653. The number of ketones is 1. The van der Waals surface area contributed by atoms with Gasteiger partial charge in [0.05, 0.1) is 0 Å². The highest BCUT2D eigenvalue weighted by Crippen LogP contribution is 2.02. The number of carbonyl (C=O) groups excluding carboxylic acids is 1. The van der Waals surface area contributed by atoms with Gasteiger partial charge in [-0.2, -0.15) is 0 Å². The molecule has 1 heterocycles. The van der Waals surface area contributed by atoms with E-state index in [-0.39, 0.29) is 5.78 Å². The van der Waals surface area contributed by atoms with E-state index in [4.69, 9.17) is 0 Å². The molecule has 0 bridgehead atoms. The molecule has 1 aromatic heterocycles. The molecule has 0 unspecified atom stereocenters. The SMILES string of the molecule is CC.CCC(=O)c1cc(C)ccn1. The van der Waals surface area contributed by atoms with Gasteiger partial charge in [-0.1, -0.05) is 20.8 Å². The second-order valence-electron chi connectivity index (χ2n) is 2.50. The fourth-order valence-electron chi connectivity index (χ4n) is 0.870. The summed E-state index contributed by atoms with van der Waals surface area (Å²) in [5.41, 5.74) is 1.66. The van der Waals surface area contributed by atoms with Crippen LogP contribution in [0.3, 0.4) is 0 Å². The van der Waals surface area contributed by atoms with Crippen molar-refractivity contribution in [2.45, 2.75) is 34.1 Å². The number of rotatable bonds is 2. The van der Waals surface area contributed by atoms with Crippen LogP contribution in [0.4, 0.5) is 0 Å². The van der Waals surface area contributed by atoms with Gasteiger partial charge < -0.3 is 0 Å². The molecule has 2 heteroatoms. The third kappa shape index (κ3) is 3.83. The monoisotopic (exact) mass is 179 g/mol. The van der Waals surface area contributed by atoms with Crippen molar-refractivity contribution in [3.63, 3.8) is 0 Å². The van der Waals surface area contributed by atoms with Crippen LogP contribution in [0.1, 0.15) is 43.2 Å². The van der Waals surface area contributed by atoms with Crippen molar-refractivity contribution in [1.29, 1.82) is 0 Å². The fourth-order valence-corrected chi connectivity index (χ4v) is 0.870. The Kier molecular flexibility index (Phi) is 5.77. The number of Topliss-reactive ketones (excluding diaryl/α,β-unsaturated/α-hetero) is 1. The van der Waals surface area contributed by atoms with Crippen LogP contribution in [-0.4, -0.2) is 10.8 Å². The Morgan fingerprint density at radius 1 is 1.46 bits per heavy atom. The van der Waals surface area contributed by atoms with E-state index >= 15 is 0 Å². The van der Waals surface area contributed by atoms with Crippen molar-refractivity contribution in [3.05, 3.63) is 29.6 Å². The molecule has 72 valence electrons. The number of carbonyl (C=O) groups is 1. The number of aromatic nitrogens is 1. The molecular formula is C11H17NO. The standard InChI is InChI=1S/C9H11NO.C2H6/c1-3-9(11)8-6-7(2)4-5-10-8;1-2/h4-6H,3H2,1-2H3;1-2H3. The number of nitrogens with zero attached hydrogens (tertiary/aromatic N) is 1. The molecule has 0 aliphatic heterocycles. The molecule has 2 nitrogen and oxygen atoms in total. The first kappa shape index (κ1) is 11.8. The van der Waals surface area contributed by atoms with E-state index in [1.54, 1.807) is 6.20 Å². The summed E-state index contributed by atoms with van der Waals surface area (Å²) in [6.07, 6.45) is 2.19. The zero-order valence-corrected chi connectivity index (χ0v) is 8.79. The molecule has 0 aliphatic rings. The minimum Gasteiger partial charge on any atom is -0.292 e. The van der Waals surface area contributed by atoms with Crippen molar-refractivity contribution >= 4 is 5.78 Å². The van der Waals surface area contributed by atoms with Gasteiger partial charge in [-0.15, -0.1) is 0 Å². The van der Waals surface area contributed by atoms with Crippen LogP contribution < -0.4 is 0 Å². The van der Waals surface area contributed by atoms with Crippen molar-refractivity contribution in [3.8, 4) is 0 Å². The smallest absolute Gasteiger partial charge is 0.180 e. The van der Waals surface area contributed by atoms with Gasteiger partial charge in [0.2, 0.25) is 0 Å². The van der Waals surface area contributed by atoms with Gasteiger partial charge in [0, 0.05) is 12.6 Å². The number of hydrogen-bond acceptors (Lipinski definition) is 2. The van der Waals surface area contributed by atoms with Gasteiger partial charge >= 0.3 is 0 Å². The Balaban J connectivity index is 0.000000671. The first-order valence-corrected chi connectivity index (χ1v) is 4.70. The molecule has 0 atom stereocenters. The predicted octanol–water partition coefficient (Wildman–Crippen LogP) is 3.01. The third-order valence-corrected chi connectivity index (χ3v) is 1.52. The van der Waals surface area contributed by atoms with Crippen molar-refractivity contribution in [2.75, 3.05) is 0 Å². The van der Waals surface area contributed by atoms with E-state index in [0.717, 1.165) is 5.56 Å². The van der Waals surface area contributed by atoms with E-state index in [1.165, 1.54) is 0 Å². The summed E-state index contributed by atoms with van der Waals surface area (Å²) in [6, 6.07) is 3.69. The molecule has 1 aromatic rings. The number of pyridine rings is 1. The molecule has 0 N–H and O–H groups in total. The molecule has 13 heavy (non-hydrogen) atoms. The largest absolute Gasteiger partial charge is 0.292 e. The zero-order chi connectivity index (χ0) is 10.3. The average Bonchev–Trinajstić information content (AvgIpc) is 2.20. The molecule has 0 radical (unpaired) electrons. The Hall–Kier alpha value is -1.18. The van der Waals surface area contributed by atoms with Crippen LogP contribution in [0.5, 0.6) is 0 Å². The lowest BCUT2D eigenvalue weighted by Gasteiger charge is -1.96. The highest BCUT2D eigenvalue weighted by molar-refractivity contribution is 5.94. The summed E-state index contributed by atoms with van der Waals surface area (Å²) in [7, 11) is 0.